The highest BCUT2D eigenvalue weighted by Crippen LogP contribution is 2.52. The Morgan fingerprint density at radius 2 is 1.79 bits per heavy atom. The molecule has 3 saturated carbocycles. The van der Waals surface area contributed by atoms with Gasteiger partial charge in [-0.05, 0) is 55.8 Å². The highest BCUT2D eigenvalue weighted by atomic mass is 19.1. The number of carbonyl (C=O) groups excluding carboxylic acids is 1. The molecule has 33 heavy (non-hydrogen) atoms. The zero-order valence-corrected chi connectivity index (χ0v) is 18.8. The average Bonchev–Trinajstić information content (AvgIpc) is 3.25. The number of ether oxygens (including phenoxy) is 1. The molecule has 6 rings (SSSR count). The number of nitrogens with zero attached hydrogens (tertiary/aromatic N) is 2. The maximum absolute atomic E-state index is 14.6. The van der Waals surface area contributed by atoms with Crippen LogP contribution in [0.5, 0.6) is 5.75 Å². The van der Waals surface area contributed by atoms with E-state index in [2.05, 4.69) is 15.2 Å². The number of benzene rings is 1. The molecule has 1 aromatic heterocycles. The summed E-state index contributed by atoms with van der Waals surface area (Å²) in [5.74, 6) is 0.584. The third kappa shape index (κ3) is 3.87. The number of fused-ring (bicyclic) bond motifs is 2. The first-order valence-electron chi connectivity index (χ1n) is 12.2. The van der Waals surface area contributed by atoms with Crippen LogP contribution in [0.15, 0.2) is 16.5 Å². The van der Waals surface area contributed by atoms with Crippen LogP contribution in [0.3, 0.4) is 0 Å². The topological polar surface area (TPSA) is 67.6 Å². The van der Waals surface area contributed by atoms with Crippen LogP contribution in [-0.4, -0.2) is 30.1 Å². The first-order chi connectivity index (χ1) is 16.0. The lowest BCUT2D eigenvalue weighted by Gasteiger charge is -2.17. The summed E-state index contributed by atoms with van der Waals surface area (Å²) < 4.78 is 40.8. The molecule has 6 nitrogen and oxygen atoms in total. The Morgan fingerprint density at radius 3 is 2.42 bits per heavy atom. The second-order valence-corrected chi connectivity index (χ2v) is 10.2. The number of rotatable bonds is 6. The number of anilines is 2. The van der Waals surface area contributed by atoms with Gasteiger partial charge in [-0.2, -0.15) is 4.98 Å². The zero-order chi connectivity index (χ0) is 22.7. The third-order valence-electron chi connectivity index (χ3n) is 7.96. The molecule has 176 valence electrons. The first-order valence-corrected chi connectivity index (χ1v) is 12.2. The second-order valence-electron chi connectivity index (χ2n) is 10.2. The van der Waals surface area contributed by atoms with E-state index < -0.39 is 17.5 Å². The van der Waals surface area contributed by atoms with E-state index >= 15 is 0 Å². The van der Waals surface area contributed by atoms with E-state index in [4.69, 9.17) is 9.15 Å². The Labute approximate surface area is 191 Å². The Morgan fingerprint density at radius 1 is 1.12 bits per heavy atom. The number of nitrogens with one attached hydrogen (secondary N) is 1. The minimum Gasteiger partial charge on any atom is -0.484 e. The van der Waals surface area contributed by atoms with Crippen LogP contribution in [0.1, 0.15) is 61.7 Å². The lowest BCUT2D eigenvalue weighted by Crippen LogP contribution is -2.21. The summed E-state index contributed by atoms with van der Waals surface area (Å²) in [5.41, 5.74) is 0.190. The molecule has 1 amide bonds. The Kier molecular flexibility index (Phi) is 5.07. The number of halogens is 2. The molecule has 4 fully saturated rings. The van der Waals surface area contributed by atoms with Gasteiger partial charge in [0.25, 0.3) is 11.9 Å². The van der Waals surface area contributed by atoms with Crippen molar-refractivity contribution in [2.75, 3.05) is 23.3 Å². The molecule has 8 heteroatoms. The average molecular weight is 458 g/mol. The van der Waals surface area contributed by atoms with Crippen LogP contribution in [-0.2, 0) is 6.42 Å². The van der Waals surface area contributed by atoms with Crippen molar-refractivity contribution < 1.29 is 22.7 Å². The maximum Gasteiger partial charge on any atom is 0.298 e. The zero-order valence-electron chi connectivity index (χ0n) is 18.8. The summed E-state index contributed by atoms with van der Waals surface area (Å²) >= 11 is 0. The molecule has 2 aromatic rings. The first kappa shape index (κ1) is 20.9. The highest BCUT2D eigenvalue weighted by molar-refractivity contribution is 6.03. The van der Waals surface area contributed by atoms with E-state index in [1.54, 1.807) is 0 Å². The van der Waals surface area contributed by atoms with Crippen LogP contribution < -0.4 is 15.0 Å². The fraction of sp³-hybridized carbons (Fsp3) is 0.600. The summed E-state index contributed by atoms with van der Waals surface area (Å²) in [4.78, 5) is 19.5. The van der Waals surface area contributed by atoms with E-state index in [9.17, 15) is 13.6 Å². The summed E-state index contributed by atoms with van der Waals surface area (Å²) in [6.45, 7) is 3.68. The predicted molar refractivity (Wildman–Crippen MR) is 118 cm³/mol. The fourth-order valence-electron chi connectivity index (χ4n) is 6.14. The molecule has 1 saturated heterocycles. The molecular formula is C25H29F2N3O3. The number of hydrogen-bond donors (Lipinski definition) is 1. The fourth-order valence-corrected chi connectivity index (χ4v) is 6.14. The summed E-state index contributed by atoms with van der Waals surface area (Å²) in [5, 5.41) is 2.58. The molecule has 1 aliphatic heterocycles. The van der Waals surface area contributed by atoms with Crippen molar-refractivity contribution in [1.29, 1.82) is 0 Å². The molecule has 4 aliphatic rings. The number of oxazole rings is 1. The molecule has 3 aliphatic carbocycles. The van der Waals surface area contributed by atoms with Crippen molar-refractivity contribution in [3.63, 3.8) is 0 Å². The largest absolute Gasteiger partial charge is 0.484 e. The van der Waals surface area contributed by atoms with Crippen molar-refractivity contribution in [3.8, 4) is 5.75 Å². The van der Waals surface area contributed by atoms with Crippen molar-refractivity contribution >= 4 is 17.6 Å². The van der Waals surface area contributed by atoms with Crippen LogP contribution in [0.2, 0.25) is 0 Å². The minimum absolute atomic E-state index is 0.0268. The van der Waals surface area contributed by atoms with Gasteiger partial charge < -0.3 is 19.4 Å². The minimum atomic E-state index is -0.814. The van der Waals surface area contributed by atoms with E-state index in [-0.39, 0.29) is 23.2 Å². The quantitative estimate of drug-likeness (QED) is 0.647. The van der Waals surface area contributed by atoms with Gasteiger partial charge in [-0.1, -0.05) is 13.3 Å². The van der Waals surface area contributed by atoms with E-state index in [0.29, 0.717) is 41.9 Å². The molecule has 0 spiro atoms. The standard InChI is InChI=1S/C25H29F2N3O3/c1-2-21-22(29-25(33-21)30-11-13-4-3-5-14(13)12-30)24(31)28-17-9-19(26)23(20(27)10-17)32-18-7-15-6-16(15)8-18/h9-10,13-16,18H,2-8,11-12H2,1H3,(H,28,31)/t13?,14?,15-,16?,18?/m0/s1. The van der Waals surface area contributed by atoms with Gasteiger partial charge in [-0.3, -0.25) is 4.79 Å². The van der Waals surface area contributed by atoms with Crippen molar-refractivity contribution in [3.05, 3.63) is 35.2 Å². The lowest BCUT2D eigenvalue weighted by molar-refractivity contribution is 0.102. The van der Waals surface area contributed by atoms with Crippen LogP contribution in [0.4, 0.5) is 20.5 Å². The molecular weight excluding hydrogens is 428 g/mol. The Balaban J connectivity index is 1.16. The Hall–Kier alpha value is -2.64. The number of aryl methyl sites for hydroxylation is 1. The number of hydrogen-bond acceptors (Lipinski definition) is 5. The number of amides is 1. The van der Waals surface area contributed by atoms with Gasteiger partial charge in [0.15, 0.2) is 23.1 Å². The highest BCUT2D eigenvalue weighted by Gasteiger charge is 2.47. The van der Waals surface area contributed by atoms with Gasteiger partial charge in [0.1, 0.15) is 5.76 Å². The lowest BCUT2D eigenvalue weighted by atomic mass is 10.0. The van der Waals surface area contributed by atoms with Crippen molar-refractivity contribution in [2.24, 2.45) is 23.7 Å². The summed E-state index contributed by atoms with van der Waals surface area (Å²) in [6, 6.07) is 2.66. The van der Waals surface area contributed by atoms with Crippen molar-refractivity contribution in [1.82, 2.24) is 4.98 Å². The van der Waals surface area contributed by atoms with Crippen LogP contribution in [0.25, 0.3) is 0 Å². The third-order valence-corrected chi connectivity index (χ3v) is 7.96. The molecule has 2 heterocycles. The van der Waals surface area contributed by atoms with E-state index in [1.807, 2.05) is 6.92 Å². The van der Waals surface area contributed by atoms with Gasteiger partial charge in [0.2, 0.25) is 0 Å². The molecule has 1 aromatic carbocycles. The SMILES string of the molecule is CCc1oc(N2CC3CCCC3C2)nc1C(=O)Nc1cc(F)c(OC2CC3C[C@H]3C2)c(F)c1. The normalized spacial score (nSPS) is 29.8. The molecule has 0 radical (unpaired) electrons. The van der Waals surface area contributed by atoms with E-state index in [1.165, 1.54) is 25.7 Å². The van der Waals surface area contributed by atoms with Crippen molar-refractivity contribution in [2.45, 2.75) is 58.0 Å². The van der Waals surface area contributed by atoms with Gasteiger partial charge in [0.05, 0.1) is 6.10 Å². The molecule has 5 atom stereocenters. The predicted octanol–water partition coefficient (Wildman–Crippen LogP) is 5.18. The number of aromatic nitrogens is 1. The van der Waals surface area contributed by atoms with Crippen LogP contribution >= 0.6 is 0 Å². The summed E-state index contributed by atoms with van der Waals surface area (Å²) in [7, 11) is 0. The van der Waals surface area contributed by atoms with Gasteiger partial charge in [0, 0.05) is 37.3 Å². The molecule has 4 unspecified atom stereocenters. The van der Waals surface area contributed by atoms with Gasteiger partial charge in [-0.25, -0.2) is 8.78 Å². The Bertz CT molecular complexity index is 1040. The summed E-state index contributed by atoms with van der Waals surface area (Å²) in [6.07, 6.45) is 7.02. The monoisotopic (exact) mass is 457 g/mol. The van der Waals surface area contributed by atoms with Gasteiger partial charge >= 0.3 is 0 Å². The molecule has 1 N–H and O–H groups in total. The van der Waals surface area contributed by atoms with E-state index in [0.717, 1.165) is 38.1 Å². The smallest absolute Gasteiger partial charge is 0.298 e. The van der Waals surface area contributed by atoms with Gasteiger partial charge in [-0.15, -0.1) is 0 Å². The number of carbonyl (C=O) groups is 1. The van der Waals surface area contributed by atoms with Crippen LogP contribution in [0, 0.1) is 35.3 Å². The molecule has 0 bridgehead atoms. The maximum atomic E-state index is 14.6. The second kappa shape index (κ2) is 7.99.